The van der Waals surface area contributed by atoms with Crippen molar-refractivity contribution in [1.29, 1.82) is 5.26 Å². The van der Waals surface area contributed by atoms with Crippen molar-refractivity contribution < 1.29 is 0 Å². The molecule has 3 rings (SSSR count). The van der Waals surface area contributed by atoms with Crippen molar-refractivity contribution in [3.63, 3.8) is 0 Å². The second-order valence-corrected chi connectivity index (χ2v) is 6.79. The number of nitrogens with zero attached hydrogens (tertiary/aromatic N) is 2. The average Bonchev–Trinajstić information content (AvgIpc) is 3.32. The third kappa shape index (κ3) is 3.07. The van der Waals surface area contributed by atoms with Crippen LogP contribution in [0.4, 0.5) is 0 Å². The van der Waals surface area contributed by atoms with Crippen LogP contribution in [-0.4, -0.2) is 10.7 Å². The van der Waals surface area contributed by atoms with Crippen molar-refractivity contribution in [1.82, 2.24) is 4.98 Å². The minimum absolute atomic E-state index is 0.569. The lowest BCUT2D eigenvalue weighted by molar-refractivity contribution is 0.956. The highest BCUT2D eigenvalue weighted by Gasteiger charge is 2.27. The van der Waals surface area contributed by atoms with Gasteiger partial charge in [0.05, 0.1) is 5.56 Å². The Hall–Kier alpha value is -1.50. The van der Waals surface area contributed by atoms with Crippen LogP contribution in [0.3, 0.4) is 0 Å². The van der Waals surface area contributed by atoms with E-state index >= 15 is 0 Å². The van der Waals surface area contributed by atoms with Crippen LogP contribution < -0.4 is 0 Å². The minimum atomic E-state index is 0.569. The number of halogens is 1. The second-order valence-electron chi connectivity index (χ2n) is 5.10. The summed E-state index contributed by atoms with van der Waals surface area (Å²) in [6.07, 6.45) is 2.41. The lowest BCUT2D eigenvalue weighted by atomic mass is 10.0. The highest BCUT2D eigenvalue weighted by Crippen LogP contribution is 2.42. The smallest absolute Gasteiger partial charge is 0.115 e. The Labute approximate surface area is 134 Å². The summed E-state index contributed by atoms with van der Waals surface area (Å²) >= 11 is 7.60. The topological polar surface area (TPSA) is 36.7 Å². The fourth-order valence-corrected chi connectivity index (χ4v) is 3.20. The number of benzene rings is 1. The second kappa shape index (κ2) is 6.09. The van der Waals surface area contributed by atoms with E-state index in [-0.39, 0.29) is 0 Å². The van der Waals surface area contributed by atoms with Crippen LogP contribution in [-0.2, 0) is 0 Å². The number of thioether (sulfide) groups is 1. The minimum Gasteiger partial charge on any atom is -0.245 e. The van der Waals surface area contributed by atoms with Crippen LogP contribution in [0.5, 0.6) is 0 Å². The average molecular weight is 315 g/mol. The van der Waals surface area contributed by atoms with Gasteiger partial charge in [-0.3, -0.25) is 0 Å². The summed E-state index contributed by atoms with van der Waals surface area (Å²) in [7, 11) is 0. The molecular weight excluding hydrogens is 300 g/mol. The fourth-order valence-electron chi connectivity index (χ4n) is 2.34. The van der Waals surface area contributed by atoms with Crippen molar-refractivity contribution in [2.45, 2.75) is 30.7 Å². The molecule has 1 saturated carbocycles. The van der Waals surface area contributed by atoms with Crippen molar-refractivity contribution in [2.75, 3.05) is 5.75 Å². The monoisotopic (exact) mass is 314 g/mol. The van der Waals surface area contributed by atoms with Gasteiger partial charge in [-0.2, -0.15) is 5.26 Å². The number of aromatic nitrogens is 1. The Morgan fingerprint density at radius 1 is 1.33 bits per heavy atom. The molecule has 0 N–H and O–H groups in total. The summed E-state index contributed by atoms with van der Waals surface area (Å²) in [4.78, 5) is 4.71. The summed E-state index contributed by atoms with van der Waals surface area (Å²) in [6, 6.07) is 12.1. The standard InChI is InChI=1S/C17H15ClN2S/c1-2-21-17-15(10-19)14(9-16(20-17)12-3-4-12)11-5-7-13(18)8-6-11/h5-9,12H,2-4H2,1H3. The van der Waals surface area contributed by atoms with Crippen molar-refractivity contribution >= 4 is 23.4 Å². The maximum absolute atomic E-state index is 9.56. The molecule has 1 aliphatic carbocycles. The predicted molar refractivity (Wildman–Crippen MR) is 87.8 cm³/mol. The van der Waals surface area contributed by atoms with Gasteiger partial charge < -0.3 is 0 Å². The van der Waals surface area contributed by atoms with Gasteiger partial charge in [0.15, 0.2) is 0 Å². The van der Waals surface area contributed by atoms with E-state index in [1.165, 1.54) is 12.8 Å². The Morgan fingerprint density at radius 3 is 2.62 bits per heavy atom. The third-order valence-electron chi connectivity index (χ3n) is 3.55. The van der Waals surface area contributed by atoms with Crippen molar-refractivity contribution in [3.05, 3.63) is 46.6 Å². The van der Waals surface area contributed by atoms with Crippen LogP contribution in [0.1, 0.15) is 36.9 Å². The maximum Gasteiger partial charge on any atom is 0.115 e. The Morgan fingerprint density at radius 2 is 2.05 bits per heavy atom. The normalized spacial score (nSPS) is 14.0. The van der Waals surface area contributed by atoms with E-state index in [2.05, 4.69) is 19.1 Å². The van der Waals surface area contributed by atoms with Crippen molar-refractivity contribution in [2.24, 2.45) is 0 Å². The number of hydrogen-bond acceptors (Lipinski definition) is 3. The van der Waals surface area contributed by atoms with E-state index in [4.69, 9.17) is 16.6 Å². The molecule has 0 aliphatic heterocycles. The highest BCUT2D eigenvalue weighted by molar-refractivity contribution is 7.99. The van der Waals surface area contributed by atoms with Crippen LogP contribution in [0.25, 0.3) is 11.1 Å². The van der Waals surface area contributed by atoms with E-state index in [0.29, 0.717) is 16.5 Å². The first-order chi connectivity index (χ1) is 10.2. The summed E-state index contributed by atoms with van der Waals surface area (Å²) in [5, 5.41) is 11.1. The van der Waals surface area contributed by atoms with Gasteiger partial charge in [-0.15, -0.1) is 11.8 Å². The van der Waals surface area contributed by atoms with Crippen LogP contribution in [0, 0.1) is 11.3 Å². The van der Waals surface area contributed by atoms with Crippen LogP contribution in [0.15, 0.2) is 35.4 Å². The quantitative estimate of drug-likeness (QED) is 0.722. The number of pyridine rings is 1. The molecule has 1 fully saturated rings. The molecule has 0 spiro atoms. The predicted octanol–water partition coefficient (Wildman–Crippen LogP) is 5.26. The molecule has 106 valence electrons. The van der Waals surface area contributed by atoms with E-state index in [9.17, 15) is 5.26 Å². The van der Waals surface area contributed by atoms with Gasteiger partial charge in [-0.05, 0) is 42.4 Å². The number of rotatable bonds is 4. The summed E-state index contributed by atoms with van der Waals surface area (Å²) < 4.78 is 0. The van der Waals surface area contributed by atoms with Gasteiger partial charge in [0.2, 0.25) is 0 Å². The van der Waals surface area contributed by atoms with Gasteiger partial charge >= 0.3 is 0 Å². The first kappa shape index (κ1) is 14.4. The Bertz CT molecular complexity index is 700. The van der Waals surface area contributed by atoms with Gasteiger partial charge in [0.25, 0.3) is 0 Å². The molecule has 1 aromatic heterocycles. The van der Waals surface area contributed by atoms with E-state index in [0.717, 1.165) is 27.6 Å². The molecule has 0 unspecified atom stereocenters. The zero-order chi connectivity index (χ0) is 14.8. The molecule has 0 saturated heterocycles. The molecule has 21 heavy (non-hydrogen) atoms. The Balaban J connectivity index is 2.16. The first-order valence-corrected chi connectivity index (χ1v) is 8.43. The molecule has 1 aliphatic rings. The van der Waals surface area contributed by atoms with Crippen LogP contribution in [0.2, 0.25) is 5.02 Å². The number of hydrogen-bond donors (Lipinski definition) is 0. The fraction of sp³-hybridized carbons (Fsp3) is 0.294. The first-order valence-electron chi connectivity index (χ1n) is 7.06. The molecule has 0 amide bonds. The van der Waals surface area contributed by atoms with Crippen LogP contribution >= 0.6 is 23.4 Å². The lowest BCUT2D eigenvalue weighted by Crippen LogP contribution is -1.97. The summed E-state index contributed by atoms with van der Waals surface area (Å²) in [5.74, 6) is 1.48. The van der Waals surface area contributed by atoms with Gasteiger partial charge in [0, 0.05) is 22.2 Å². The molecule has 2 nitrogen and oxygen atoms in total. The molecular formula is C17H15ClN2S. The molecule has 0 radical (unpaired) electrons. The Kier molecular flexibility index (Phi) is 4.19. The van der Waals surface area contributed by atoms with Gasteiger partial charge in [-0.1, -0.05) is 30.7 Å². The van der Waals surface area contributed by atoms with E-state index in [1.54, 1.807) is 11.8 Å². The largest absolute Gasteiger partial charge is 0.245 e. The summed E-state index contributed by atoms with van der Waals surface area (Å²) in [6.45, 7) is 2.08. The lowest BCUT2D eigenvalue weighted by Gasteiger charge is -2.11. The molecule has 2 aromatic rings. The summed E-state index contributed by atoms with van der Waals surface area (Å²) in [5.41, 5.74) is 3.80. The molecule has 1 aromatic carbocycles. The zero-order valence-electron chi connectivity index (χ0n) is 11.8. The number of nitriles is 1. The highest BCUT2D eigenvalue weighted by atomic mass is 35.5. The van der Waals surface area contributed by atoms with Crippen molar-refractivity contribution in [3.8, 4) is 17.2 Å². The maximum atomic E-state index is 9.56. The molecule has 4 heteroatoms. The molecule has 0 bridgehead atoms. The van der Waals surface area contributed by atoms with Gasteiger partial charge in [0.1, 0.15) is 11.1 Å². The molecule has 0 atom stereocenters. The third-order valence-corrected chi connectivity index (χ3v) is 4.66. The SMILES string of the molecule is CCSc1nc(C2CC2)cc(-c2ccc(Cl)cc2)c1C#N. The van der Waals surface area contributed by atoms with E-state index < -0.39 is 0 Å². The van der Waals surface area contributed by atoms with E-state index in [1.807, 2.05) is 24.3 Å². The zero-order valence-corrected chi connectivity index (χ0v) is 13.3. The molecule has 1 heterocycles. The van der Waals surface area contributed by atoms with Gasteiger partial charge in [-0.25, -0.2) is 4.98 Å².